The molecular formula is C14H13FN2O2. The van der Waals surface area contributed by atoms with Crippen LogP contribution in [0.2, 0.25) is 0 Å². The lowest BCUT2D eigenvalue weighted by Gasteiger charge is -2.10. The highest BCUT2D eigenvalue weighted by atomic mass is 19.1. The van der Waals surface area contributed by atoms with E-state index in [9.17, 15) is 9.18 Å². The van der Waals surface area contributed by atoms with Crippen molar-refractivity contribution in [3.8, 4) is 11.5 Å². The lowest BCUT2D eigenvalue weighted by molar-refractivity contribution is 0.100. The molecule has 5 heteroatoms. The van der Waals surface area contributed by atoms with Gasteiger partial charge in [-0.05, 0) is 42.8 Å². The first-order chi connectivity index (χ1) is 8.97. The number of hydrogen-bond donors (Lipinski definition) is 2. The Morgan fingerprint density at radius 1 is 1.16 bits per heavy atom. The fraction of sp³-hybridized carbons (Fsp3) is 0.0714. The fourth-order valence-corrected chi connectivity index (χ4v) is 1.60. The van der Waals surface area contributed by atoms with Gasteiger partial charge in [0.25, 0.3) is 0 Å². The van der Waals surface area contributed by atoms with E-state index < -0.39 is 11.7 Å². The van der Waals surface area contributed by atoms with Gasteiger partial charge in [-0.25, -0.2) is 4.39 Å². The Labute approximate surface area is 109 Å². The van der Waals surface area contributed by atoms with E-state index in [1.54, 1.807) is 12.1 Å². The monoisotopic (exact) mass is 260 g/mol. The molecule has 2 aromatic rings. The number of hydrogen-bond acceptors (Lipinski definition) is 3. The number of primary amides is 1. The first-order valence-corrected chi connectivity index (χ1v) is 5.60. The zero-order valence-corrected chi connectivity index (χ0v) is 10.3. The minimum absolute atomic E-state index is 0.0820. The van der Waals surface area contributed by atoms with Crippen LogP contribution in [-0.4, -0.2) is 5.91 Å². The van der Waals surface area contributed by atoms with E-state index in [4.69, 9.17) is 16.2 Å². The predicted molar refractivity (Wildman–Crippen MR) is 70.6 cm³/mol. The average Bonchev–Trinajstić information content (AvgIpc) is 2.36. The maximum Gasteiger partial charge on any atom is 0.248 e. The van der Waals surface area contributed by atoms with Crippen LogP contribution in [0.4, 0.5) is 10.1 Å². The molecule has 19 heavy (non-hydrogen) atoms. The Hall–Kier alpha value is -2.56. The van der Waals surface area contributed by atoms with Crippen LogP contribution in [0.3, 0.4) is 0 Å². The number of anilines is 1. The average molecular weight is 260 g/mol. The van der Waals surface area contributed by atoms with Crippen molar-refractivity contribution in [3.05, 3.63) is 53.3 Å². The number of nitrogens with two attached hydrogens (primary N) is 2. The number of benzene rings is 2. The molecule has 0 aliphatic rings. The van der Waals surface area contributed by atoms with Gasteiger partial charge in [-0.15, -0.1) is 0 Å². The third kappa shape index (κ3) is 2.82. The van der Waals surface area contributed by atoms with Crippen molar-refractivity contribution in [3.63, 3.8) is 0 Å². The summed E-state index contributed by atoms with van der Waals surface area (Å²) in [6.07, 6.45) is 0. The number of rotatable bonds is 3. The third-order valence-electron chi connectivity index (χ3n) is 2.60. The Morgan fingerprint density at radius 2 is 1.89 bits per heavy atom. The van der Waals surface area contributed by atoms with Gasteiger partial charge >= 0.3 is 0 Å². The van der Waals surface area contributed by atoms with Crippen LogP contribution in [0.25, 0.3) is 0 Å². The summed E-state index contributed by atoms with van der Waals surface area (Å²) in [4.78, 5) is 11.0. The zero-order chi connectivity index (χ0) is 14.0. The molecule has 0 radical (unpaired) electrons. The lowest BCUT2D eigenvalue weighted by Crippen LogP contribution is -2.11. The Bertz CT molecular complexity index is 641. The Morgan fingerprint density at radius 3 is 2.53 bits per heavy atom. The van der Waals surface area contributed by atoms with Crippen LogP contribution in [0.15, 0.2) is 36.4 Å². The SMILES string of the molecule is Cc1ccc(F)c(Oc2ccc(C(N)=O)cc2N)c1. The molecule has 0 saturated carbocycles. The molecule has 2 aromatic carbocycles. The number of carbonyl (C=O) groups is 1. The highest BCUT2D eigenvalue weighted by Crippen LogP contribution is 2.30. The summed E-state index contributed by atoms with van der Waals surface area (Å²) in [5.74, 6) is -0.711. The van der Waals surface area contributed by atoms with Gasteiger partial charge in [0.1, 0.15) is 0 Å². The molecule has 0 fully saturated rings. The maximum absolute atomic E-state index is 13.6. The first-order valence-electron chi connectivity index (χ1n) is 5.60. The van der Waals surface area contributed by atoms with Crippen molar-refractivity contribution >= 4 is 11.6 Å². The van der Waals surface area contributed by atoms with Crippen LogP contribution in [0, 0.1) is 12.7 Å². The highest BCUT2D eigenvalue weighted by Gasteiger charge is 2.09. The molecule has 2 rings (SSSR count). The molecule has 0 heterocycles. The van der Waals surface area contributed by atoms with Crippen molar-refractivity contribution in [2.24, 2.45) is 5.73 Å². The van der Waals surface area contributed by atoms with Crippen molar-refractivity contribution in [2.75, 3.05) is 5.73 Å². The molecule has 0 unspecified atom stereocenters. The smallest absolute Gasteiger partial charge is 0.248 e. The Balaban J connectivity index is 2.33. The van der Waals surface area contributed by atoms with Gasteiger partial charge in [-0.2, -0.15) is 0 Å². The topological polar surface area (TPSA) is 78.3 Å². The molecule has 0 saturated heterocycles. The van der Waals surface area contributed by atoms with E-state index in [-0.39, 0.29) is 22.7 Å². The molecule has 0 aliphatic carbocycles. The van der Waals surface area contributed by atoms with Gasteiger partial charge < -0.3 is 16.2 Å². The number of halogens is 1. The molecule has 0 spiro atoms. The zero-order valence-electron chi connectivity index (χ0n) is 10.3. The second kappa shape index (κ2) is 4.97. The van der Waals surface area contributed by atoms with Gasteiger partial charge in [0, 0.05) is 5.56 Å². The number of ether oxygens (including phenoxy) is 1. The minimum atomic E-state index is -0.583. The minimum Gasteiger partial charge on any atom is -0.452 e. The lowest BCUT2D eigenvalue weighted by atomic mass is 10.2. The molecule has 1 amide bonds. The van der Waals surface area contributed by atoms with Crippen LogP contribution in [-0.2, 0) is 0 Å². The normalized spacial score (nSPS) is 10.2. The fourth-order valence-electron chi connectivity index (χ4n) is 1.60. The van der Waals surface area contributed by atoms with Crippen LogP contribution >= 0.6 is 0 Å². The van der Waals surface area contributed by atoms with Crippen molar-refractivity contribution in [1.82, 2.24) is 0 Å². The van der Waals surface area contributed by atoms with E-state index in [0.29, 0.717) is 0 Å². The van der Waals surface area contributed by atoms with Crippen LogP contribution in [0.1, 0.15) is 15.9 Å². The second-order valence-corrected chi connectivity index (χ2v) is 4.15. The van der Waals surface area contributed by atoms with E-state index in [1.807, 2.05) is 6.92 Å². The third-order valence-corrected chi connectivity index (χ3v) is 2.60. The van der Waals surface area contributed by atoms with E-state index in [1.165, 1.54) is 24.3 Å². The molecule has 0 bridgehead atoms. The number of carbonyl (C=O) groups excluding carboxylic acids is 1. The van der Waals surface area contributed by atoms with Gasteiger partial charge in [0.05, 0.1) is 5.69 Å². The number of aryl methyl sites for hydroxylation is 1. The van der Waals surface area contributed by atoms with Crippen LogP contribution in [0.5, 0.6) is 11.5 Å². The first kappa shape index (κ1) is 12.9. The van der Waals surface area contributed by atoms with Gasteiger partial charge in [-0.1, -0.05) is 6.07 Å². The summed E-state index contributed by atoms with van der Waals surface area (Å²) in [5, 5.41) is 0. The largest absolute Gasteiger partial charge is 0.452 e. The van der Waals surface area contributed by atoms with Gasteiger partial charge in [0.15, 0.2) is 17.3 Å². The highest BCUT2D eigenvalue weighted by molar-refractivity contribution is 5.94. The molecule has 0 aromatic heterocycles. The molecule has 4 nitrogen and oxygen atoms in total. The van der Waals surface area contributed by atoms with Gasteiger partial charge in [0.2, 0.25) is 5.91 Å². The summed E-state index contributed by atoms with van der Waals surface area (Å²) in [6.45, 7) is 1.83. The standard InChI is InChI=1S/C14H13FN2O2/c1-8-2-4-10(15)13(6-8)19-12-5-3-9(14(17)18)7-11(12)16/h2-7H,16H2,1H3,(H2,17,18). The molecule has 4 N–H and O–H groups in total. The molecular weight excluding hydrogens is 247 g/mol. The maximum atomic E-state index is 13.6. The van der Waals surface area contributed by atoms with Crippen molar-refractivity contribution < 1.29 is 13.9 Å². The van der Waals surface area contributed by atoms with Crippen LogP contribution < -0.4 is 16.2 Å². The number of amides is 1. The summed E-state index contributed by atoms with van der Waals surface area (Å²) < 4.78 is 19.0. The summed E-state index contributed by atoms with van der Waals surface area (Å²) in [7, 11) is 0. The van der Waals surface area contributed by atoms with Gasteiger partial charge in [-0.3, -0.25) is 4.79 Å². The summed E-state index contributed by atoms with van der Waals surface area (Å²) in [5.41, 5.74) is 12.2. The quantitative estimate of drug-likeness (QED) is 0.832. The van der Waals surface area contributed by atoms with Crippen molar-refractivity contribution in [2.45, 2.75) is 6.92 Å². The molecule has 98 valence electrons. The molecule has 0 aliphatic heterocycles. The van der Waals surface area contributed by atoms with Crippen molar-refractivity contribution in [1.29, 1.82) is 0 Å². The van der Waals surface area contributed by atoms with E-state index >= 15 is 0 Å². The summed E-state index contributed by atoms with van der Waals surface area (Å²) in [6, 6.07) is 8.88. The van der Waals surface area contributed by atoms with E-state index in [2.05, 4.69) is 0 Å². The van der Waals surface area contributed by atoms with E-state index in [0.717, 1.165) is 5.56 Å². The number of nitrogen functional groups attached to an aromatic ring is 1. The second-order valence-electron chi connectivity index (χ2n) is 4.15. The Kier molecular flexibility index (Phi) is 3.37. The molecule has 0 atom stereocenters. The predicted octanol–water partition coefficient (Wildman–Crippen LogP) is 2.61. The summed E-state index contributed by atoms with van der Waals surface area (Å²) >= 11 is 0.